The van der Waals surface area contributed by atoms with Crippen LogP contribution in [0.15, 0.2) is 29.8 Å². The number of carbonyl (C=O) groups excluding carboxylic acids is 3. The standard InChI is InChI=1S/C32H45FN6O4S/c1-20-28(44-19-35-20)22-7-5-21(6-8-22)24(16-27(41)38-13-11-34-12-14-38)36-29(42)25-15-23(40)17-39(25)18-26(31(2,3)4)37-30(43)32(33)9-10-32/h5-8,19,23-26,34,40H,9-18H2,1-4H3,(H,36,42)(H,37,43)/t23-,24+,25+,26-/m1/s1. The third-order valence-electron chi connectivity index (χ3n) is 9.03. The molecule has 1 aromatic heterocycles. The molecule has 0 spiro atoms. The summed E-state index contributed by atoms with van der Waals surface area (Å²) in [7, 11) is 0. The Kier molecular flexibility index (Phi) is 9.74. The molecule has 4 N–H and O–H groups in total. The largest absolute Gasteiger partial charge is 0.392 e. The zero-order chi connectivity index (χ0) is 31.6. The van der Waals surface area contributed by atoms with Crippen LogP contribution >= 0.6 is 11.3 Å². The normalized spacial score (nSPS) is 23.2. The number of aryl methyl sites for hydroxylation is 1. The molecule has 2 aromatic rings. The van der Waals surface area contributed by atoms with Gasteiger partial charge in [0, 0.05) is 45.3 Å². The molecule has 10 nitrogen and oxygen atoms in total. The third kappa shape index (κ3) is 7.64. The lowest BCUT2D eigenvalue weighted by molar-refractivity contribution is -0.133. The predicted molar refractivity (Wildman–Crippen MR) is 168 cm³/mol. The highest BCUT2D eigenvalue weighted by molar-refractivity contribution is 7.13. The summed E-state index contributed by atoms with van der Waals surface area (Å²) in [5.41, 5.74) is 2.39. The number of likely N-dealkylation sites (tertiary alicyclic amines) is 1. The molecule has 0 radical (unpaired) electrons. The molecule has 0 bridgehead atoms. The fourth-order valence-electron chi connectivity index (χ4n) is 5.93. The van der Waals surface area contributed by atoms with Crippen molar-refractivity contribution < 1.29 is 23.9 Å². The molecule has 1 saturated carbocycles. The van der Waals surface area contributed by atoms with E-state index in [1.807, 2.05) is 67.3 Å². The van der Waals surface area contributed by atoms with Crippen LogP contribution in [0.5, 0.6) is 0 Å². The maximum atomic E-state index is 14.5. The number of halogens is 1. The monoisotopic (exact) mass is 628 g/mol. The van der Waals surface area contributed by atoms with Gasteiger partial charge in [0.15, 0.2) is 5.67 Å². The molecule has 0 unspecified atom stereocenters. The Morgan fingerprint density at radius 3 is 2.43 bits per heavy atom. The van der Waals surface area contributed by atoms with Gasteiger partial charge in [0.1, 0.15) is 0 Å². The molecule has 2 saturated heterocycles. The summed E-state index contributed by atoms with van der Waals surface area (Å²) >= 11 is 1.57. The van der Waals surface area contributed by atoms with Crippen molar-refractivity contribution in [1.82, 2.24) is 30.7 Å². The van der Waals surface area contributed by atoms with Crippen molar-refractivity contribution >= 4 is 29.1 Å². The van der Waals surface area contributed by atoms with Crippen LogP contribution in [0, 0.1) is 12.3 Å². The van der Waals surface area contributed by atoms with Gasteiger partial charge in [-0.15, -0.1) is 11.3 Å². The summed E-state index contributed by atoms with van der Waals surface area (Å²) in [6.07, 6.45) is 0.0653. The highest BCUT2D eigenvalue weighted by atomic mass is 32.1. The first-order valence-corrected chi connectivity index (χ1v) is 16.4. The Bertz CT molecular complexity index is 1330. The molecule has 1 aromatic carbocycles. The van der Waals surface area contributed by atoms with Crippen molar-refractivity contribution in [3.8, 4) is 10.4 Å². The van der Waals surface area contributed by atoms with Crippen LogP contribution < -0.4 is 16.0 Å². The van der Waals surface area contributed by atoms with E-state index in [9.17, 15) is 23.9 Å². The summed E-state index contributed by atoms with van der Waals surface area (Å²) in [6.45, 7) is 11.1. The molecule has 2 aliphatic heterocycles. The second-order valence-corrected chi connectivity index (χ2v) is 14.4. The van der Waals surface area contributed by atoms with E-state index in [1.165, 1.54) is 0 Å². The lowest BCUT2D eigenvalue weighted by Crippen LogP contribution is -2.55. The number of nitrogens with one attached hydrogen (secondary N) is 3. The average molecular weight is 629 g/mol. The van der Waals surface area contributed by atoms with E-state index in [0.29, 0.717) is 13.1 Å². The number of carbonyl (C=O) groups is 3. The van der Waals surface area contributed by atoms with Crippen molar-refractivity contribution in [1.29, 1.82) is 0 Å². The van der Waals surface area contributed by atoms with E-state index in [0.717, 1.165) is 34.8 Å². The van der Waals surface area contributed by atoms with Gasteiger partial charge in [-0.25, -0.2) is 9.37 Å². The van der Waals surface area contributed by atoms with E-state index < -0.39 is 41.2 Å². The van der Waals surface area contributed by atoms with Crippen LogP contribution in [0.1, 0.15) is 63.8 Å². The number of alkyl halides is 1. The lowest BCUT2D eigenvalue weighted by Gasteiger charge is -2.37. The number of β-amino-alcohol motifs (C(OH)–C–C–N with tert-alkyl or cyclic N) is 1. The molecule has 1 aliphatic carbocycles. The molecule has 44 heavy (non-hydrogen) atoms. The van der Waals surface area contributed by atoms with Crippen LogP contribution in [-0.2, 0) is 14.4 Å². The van der Waals surface area contributed by atoms with Gasteiger partial charge in [0.05, 0.1) is 40.7 Å². The lowest BCUT2D eigenvalue weighted by atomic mass is 9.86. The van der Waals surface area contributed by atoms with Crippen LogP contribution in [0.25, 0.3) is 10.4 Å². The van der Waals surface area contributed by atoms with Crippen molar-refractivity contribution in [2.45, 2.75) is 83.3 Å². The molecule has 3 heterocycles. The average Bonchev–Trinajstić information content (AvgIpc) is 3.42. The molecular formula is C32H45FN6O4S. The molecule has 3 fully saturated rings. The number of amides is 3. The van der Waals surface area contributed by atoms with Gasteiger partial charge in [-0.3, -0.25) is 19.3 Å². The second-order valence-electron chi connectivity index (χ2n) is 13.5. The van der Waals surface area contributed by atoms with Crippen molar-refractivity contribution in [3.05, 3.63) is 41.0 Å². The van der Waals surface area contributed by atoms with Crippen molar-refractivity contribution in [3.63, 3.8) is 0 Å². The van der Waals surface area contributed by atoms with Gasteiger partial charge in [-0.1, -0.05) is 45.0 Å². The number of aliphatic hydroxyl groups is 1. The highest BCUT2D eigenvalue weighted by Gasteiger charge is 2.52. The van der Waals surface area contributed by atoms with E-state index in [2.05, 4.69) is 20.9 Å². The molecule has 3 aliphatic rings. The Hall–Kier alpha value is -2.93. The molecule has 4 atom stereocenters. The van der Waals surface area contributed by atoms with Crippen LogP contribution in [0.3, 0.4) is 0 Å². The molecular weight excluding hydrogens is 583 g/mol. The second kappa shape index (κ2) is 13.2. The minimum atomic E-state index is -1.80. The fraction of sp³-hybridized carbons (Fsp3) is 0.625. The van der Waals surface area contributed by atoms with Gasteiger partial charge in [-0.2, -0.15) is 0 Å². The van der Waals surface area contributed by atoms with Crippen LogP contribution in [0.4, 0.5) is 4.39 Å². The first-order valence-electron chi connectivity index (χ1n) is 15.6. The number of piperazine rings is 1. The number of rotatable bonds is 10. The Morgan fingerprint density at radius 1 is 1.16 bits per heavy atom. The van der Waals surface area contributed by atoms with Gasteiger partial charge in [-0.05, 0) is 42.7 Å². The van der Waals surface area contributed by atoms with Crippen molar-refractivity contribution in [2.75, 3.05) is 39.3 Å². The molecule has 3 amide bonds. The van der Waals surface area contributed by atoms with Crippen LogP contribution in [0.2, 0.25) is 0 Å². The summed E-state index contributed by atoms with van der Waals surface area (Å²) < 4.78 is 14.5. The van der Waals surface area contributed by atoms with E-state index in [1.54, 1.807) is 11.3 Å². The summed E-state index contributed by atoms with van der Waals surface area (Å²) in [5, 5.41) is 19.9. The Balaban J connectivity index is 1.33. The fourth-order valence-corrected chi connectivity index (χ4v) is 6.74. The summed E-state index contributed by atoms with van der Waals surface area (Å²) in [4.78, 5) is 49.0. The topological polar surface area (TPSA) is 127 Å². The number of hydrogen-bond acceptors (Lipinski definition) is 8. The van der Waals surface area contributed by atoms with E-state index in [-0.39, 0.29) is 50.6 Å². The zero-order valence-corrected chi connectivity index (χ0v) is 26.9. The number of thiazole rings is 1. The first-order chi connectivity index (χ1) is 20.8. The Morgan fingerprint density at radius 2 is 1.84 bits per heavy atom. The smallest absolute Gasteiger partial charge is 0.257 e. The Labute approximate surface area is 262 Å². The number of aromatic nitrogens is 1. The SMILES string of the molecule is Cc1ncsc1-c1ccc([C@H](CC(=O)N2CCNCC2)NC(=O)[C@@H]2C[C@@H](O)CN2C[C@@H](NC(=O)C2(F)CC2)C(C)(C)C)cc1. The first kappa shape index (κ1) is 32.5. The molecule has 240 valence electrons. The van der Waals surface area contributed by atoms with Gasteiger partial charge >= 0.3 is 0 Å². The number of hydrogen-bond donors (Lipinski definition) is 4. The quantitative estimate of drug-likeness (QED) is 0.319. The molecule has 12 heteroatoms. The number of benzene rings is 1. The minimum absolute atomic E-state index is 0.0294. The molecule has 5 rings (SSSR count). The summed E-state index contributed by atoms with van der Waals surface area (Å²) in [5.74, 6) is -0.926. The van der Waals surface area contributed by atoms with Gasteiger partial charge in [0.25, 0.3) is 5.91 Å². The van der Waals surface area contributed by atoms with E-state index in [4.69, 9.17) is 0 Å². The van der Waals surface area contributed by atoms with Gasteiger partial charge in [0.2, 0.25) is 11.8 Å². The predicted octanol–water partition coefficient (Wildman–Crippen LogP) is 2.57. The minimum Gasteiger partial charge on any atom is -0.392 e. The van der Waals surface area contributed by atoms with Gasteiger partial charge < -0.3 is 26.0 Å². The zero-order valence-electron chi connectivity index (χ0n) is 26.1. The maximum absolute atomic E-state index is 14.5. The highest BCUT2D eigenvalue weighted by Crippen LogP contribution is 2.40. The number of aliphatic hydroxyl groups excluding tert-OH is 1. The third-order valence-corrected chi connectivity index (χ3v) is 10.0. The van der Waals surface area contributed by atoms with Crippen LogP contribution in [-0.4, -0.2) is 101 Å². The van der Waals surface area contributed by atoms with E-state index >= 15 is 0 Å². The summed E-state index contributed by atoms with van der Waals surface area (Å²) in [6, 6.07) is 6.21. The maximum Gasteiger partial charge on any atom is 0.257 e. The number of nitrogens with zero attached hydrogens (tertiary/aromatic N) is 3. The van der Waals surface area contributed by atoms with Crippen molar-refractivity contribution in [2.24, 2.45) is 5.41 Å².